The van der Waals surface area contributed by atoms with Crippen LogP contribution in [-0.2, 0) is 9.53 Å². The monoisotopic (exact) mass is 326 g/mol. The van der Waals surface area contributed by atoms with Crippen LogP contribution in [0.1, 0.15) is 38.5 Å². The number of carbonyl (C=O) groups is 1. The van der Waals surface area contributed by atoms with E-state index in [2.05, 4.69) is 11.9 Å². The molecule has 1 N–H and O–H groups in total. The fourth-order valence-electron chi connectivity index (χ4n) is 4.06. The maximum absolute atomic E-state index is 12.8. The zero-order chi connectivity index (χ0) is 16.7. The second-order valence-electron chi connectivity index (χ2n) is 7.39. The summed E-state index contributed by atoms with van der Waals surface area (Å²) in [6.45, 7) is 4.24. The summed E-state index contributed by atoms with van der Waals surface area (Å²) in [4.78, 5) is 17.1. The lowest BCUT2D eigenvalue weighted by Gasteiger charge is -2.24. The number of ether oxygens (including phenoxy) is 1. The highest BCUT2D eigenvalue weighted by Crippen LogP contribution is 2.29. The van der Waals surface area contributed by atoms with Crippen LogP contribution in [0.4, 0.5) is 0 Å². The van der Waals surface area contributed by atoms with Crippen LogP contribution in [0.2, 0.25) is 0 Å². The number of likely N-dealkylation sites (N-methyl/N-ethyl adjacent to an activating group) is 1. The predicted molar refractivity (Wildman–Crippen MR) is 91.2 cm³/mol. The molecule has 2 rings (SSSR count). The van der Waals surface area contributed by atoms with Crippen molar-refractivity contribution >= 4 is 5.91 Å². The van der Waals surface area contributed by atoms with Crippen LogP contribution in [0.3, 0.4) is 0 Å². The van der Waals surface area contributed by atoms with Gasteiger partial charge in [0.1, 0.15) is 0 Å². The first-order valence-electron chi connectivity index (χ1n) is 9.22. The first-order chi connectivity index (χ1) is 11.2. The molecule has 1 aliphatic carbocycles. The molecular weight excluding hydrogens is 292 g/mol. The molecule has 0 radical (unpaired) electrons. The van der Waals surface area contributed by atoms with E-state index in [0.29, 0.717) is 11.8 Å². The summed E-state index contributed by atoms with van der Waals surface area (Å²) >= 11 is 0. The molecule has 23 heavy (non-hydrogen) atoms. The number of methoxy groups -OCH3 is 1. The van der Waals surface area contributed by atoms with Crippen molar-refractivity contribution in [1.29, 1.82) is 0 Å². The lowest BCUT2D eigenvalue weighted by atomic mass is 9.96. The first kappa shape index (κ1) is 18.7. The van der Waals surface area contributed by atoms with Gasteiger partial charge < -0.3 is 19.6 Å². The van der Waals surface area contributed by atoms with Crippen LogP contribution in [0.5, 0.6) is 0 Å². The summed E-state index contributed by atoms with van der Waals surface area (Å²) in [7, 11) is 3.80. The van der Waals surface area contributed by atoms with Gasteiger partial charge in [-0.1, -0.05) is 25.7 Å². The molecular formula is C18H34N2O3. The molecule has 1 saturated carbocycles. The van der Waals surface area contributed by atoms with E-state index < -0.39 is 0 Å². The van der Waals surface area contributed by atoms with Crippen molar-refractivity contribution in [1.82, 2.24) is 9.80 Å². The quantitative estimate of drug-likeness (QED) is 0.722. The molecule has 5 heteroatoms. The summed E-state index contributed by atoms with van der Waals surface area (Å²) in [5.74, 6) is 1.15. The maximum Gasteiger partial charge on any atom is 0.225 e. The molecule has 0 aromatic carbocycles. The smallest absolute Gasteiger partial charge is 0.225 e. The number of carbonyl (C=O) groups excluding carboxylic acids is 1. The molecule has 1 heterocycles. The van der Waals surface area contributed by atoms with E-state index in [1.54, 1.807) is 7.11 Å². The van der Waals surface area contributed by atoms with Gasteiger partial charge in [0.15, 0.2) is 0 Å². The maximum atomic E-state index is 12.8. The van der Waals surface area contributed by atoms with Crippen LogP contribution in [0.15, 0.2) is 0 Å². The Morgan fingerprint density at radius 3 is 2.43 bits per heavy atom. The van der Waals surface area contributed by atoms with E-state index in [-0.39, 0.29) is 18.4 Å². The highest BCUT2D eigenvalue weighted by Gasteiger charge is 2.37. The number of aliphatic hydroxyl groups is 1. The number of aliphatic hydroxyl groups excluding tert-OH is 1. The largest absolute Gasteiger partial charge is 0.396 e. The fourth-order valence-corrected chi connectivity index (χ4v) is 4.06. The Labute approximate surface area is 141 Å². The highest BCUT2D eigenvalue weighted by atomic mass is 16.5. The Hall–Kier alpha value is -0.650. The zero-order valence-electron chi connectivity index (χ0n) is 14.9. The Morgan fingerprint density at radius 1 is 1.17 bits per heavy atom. The average molecular weight is 326 g/mol. The third-order valence-electron chi connectivity index (χ3n) is 5.55. The topological polar surface area (TPSA) is 53.0 Å². The number of amides is 1. The second kappa shape index (κ2) is 9.60. The molecule has 2 fully saturated rings. The van der Waals surface area contributed by atoms with Gasteiger partial charge in [0.05, 0.1) is 6.61 Å². The summed E-state index contributed by atoms with van der Waals surface area (Å²) in [5, 5.41) is 9.70. The van der Waals surface area contributed by atoms with Crippen molar-refractivity contribution in [2.45, 2.75) is 38.5 Å². The van der Waals surface area contributed by atoms with Crippen molar-refractivity contribution in [3.63, 3.8) is 0 Å². The Balaban J connectivity index is 1.87. The van der Waals surface area contributed by atoms with E-state index >= 15 is 0 Å². The third-order valence-corrected chi connectivity index (χ3v) is 5.55. The lowest BCUT2D eigenvalue weighted by Crippen LogP contribution is -2.36. The standard InChI is InChI=1S/C18H34N2O3/c1-19(9-10-23-2)11-16-12-20(13-17(16)14-21)18(22)15-7-5-3-4-6-8-15/h15-17,21H,3-14H2,1-2H3. The van der Waals surface area contributed by atoms with Gasteiger partial charge >= 0.3 is 0 Å². The summed E-state index contributed by atoms with van der Waals surface area (Å²) < 4.78 is 5.13. The van der Waals surface area contributed by atoms with Crippen LogP contribution in [0.25, 0.3) is 0 Å². The van der Waals surface area contributed by atoms with Crippen molar-refractivity contribution in [2.24, 2.45) is 17.8 Å². The van der Waals surface area contributed by atoms with Gasteiger partial charge in [-0.15, -0.1) is 0 Å². The Bertz CT molecular complexity index is 356. The fraction of sp³-hybridized carbons (Fsp3) is 0.944. The van der Waals surface area contributed by atoms with E-state index in [4.69, 9.17) is 4.74 Å². The number of likely N-dealkylation sites (tertiary alicyclic amines) is 1. The molecule has 0 aromatic heterocycles. The number of rotatable bonds is 7. The average Bonchev–Trinajstić information content (AvgIpc) is 2.77. The second-order valence-corrected chi connectivity index (χ2v) is 7.39. The first-order valence-corrected chi connectivity index (χ1v) is 9.22. The molecule has 5 nitrogen and oxygen atoms in total. The summed E-state index contributed by atoms with van der Waals surface area (Å²) in [5.41, 5.74) is 0. The lowest BCUT2D eigenvalue weighted by molar-refractivity contribution is -0.135. The Morgan fingerprint density at radius 2 is 1.83 bits per heavy atom. The molecule has 2 aliphatic rings. The Kier molecular flexibility index (Phi) is 7.80. The molecule has 1 amide bonds. The molecule has 134 valence electrons. The van der Waals surface area contributed by atoms with E-state index in [0.717, 1.165) is 45.6 Å². The molecule has 2 atom stereocenters. The normalized spacial score (nSPS) is 26.7. The van der Waals surface area contributed by atoms with E-state index in [1.807, 2.05) is 4.90 Å². The summed E-state index contributed by atoms with van der Waals surface area (Å²) in [6.07, 6.45) is 7.04. The molecule has 2 unspecified atom stereocenters. The van der Waals surface area contributed by atoms with Gasteiger partial charge in [0.2, 0.25) is 5.91 Å². The van der Waals surface area contributed by atoms with Crippen LogP contribution >= 0.6 is 0 Å². The van der Waals surface area contributed by atoms with Gasteiger partial charge in [-0.05, 0) is 25.8 Å². The number of hydrogen-bond donors (Lipinski definition) is 1. The van der Waals surface area contributed by atoms with Gasteiger partial charge in [-0.25, -0.2) is 0 Å². The number of nitrogens with zero attached hydrogens (tertiary/aromatic N) is 2. The minimum Gasteiger partial charge on any atom is -0.396 e. The van der Waals surface area contributed by atoms with Crippen molar-refractivity contribution in [3.05, 3.63) is 0 Å². The van der Waals surface area contributed by atoms with Crippen molar-refractivity contribution in [2.75, 3.05) is 53.6 Å². The SMILES string of the molecule is COCCN(C)CC1CN(C(=O)C2CCCCCC2)CC1CO. The van der Waals surface area contributed by atoms with Gasteiger partial charge in [0.25, 0.3) is 0 Å². The molecule has 0 aromatic rings. The van der Waals surface area contributed by atoms with Crippen molar-refractivity contribution < 1.29 is 14.6 Å². The van der Waals surface area contributed by atoms with Crippen LogP contribution in [-0.4, -0.2) is 74.4 Å². The van der Waals surface area contributed by atoms with Crippen LogP contribution < -0.4 is 0 Å². The molecule has 0 spiro atoms. The van der Waals surface area contributed by atoms with Crippen LogP contribution in [0, 0.1) is 17.8 Å². The molecule has 0 bridgehead atoms. The predicted octanol–water partition coefficient (Wildman–Crippen LogP) is 1.60. The van der Waals surface area contributed by atoms with Gasteiger partial charge in [-0.2, -0.15) is 0 Å². The molecule has 1 aliphatic heterocycles. The third kappa shape index (κ3) is 5.44. The van der Waals surface area contributed by atoms with E-state index in [1.165, 1.54) is 25.7 Å². The summed E-state index contributed by atoms with van der Waals surface area (Å²) in [6, 6.07) is 0. The highest BCUT2D eigenvalue weighted by molar-refractivity contribution is 5.79. The van der Waals surface area contributed by atoms with Gasteiger partial charge in [-0.3, -0.25) is 4.79 Å². The van der Waals surface area contributed by atoms with Gasteiger partial charge in [0, 0.05) is 51.7 Å². The molecule has 1 saturated heterocycles. The van der Waals surface area contributed by atoms with E-state index in [9.17, 15) is 9.90 Å². The zero-order valence-corrected chi connectivity index (χ0v) is 14.9. The van der Waals surface area contributed by atoms with Crippen molar-refractivity contribution in [3.8, 4) is 0 Å². The number of hydrogen-bond acceptors (Lipinski definition) is 4. The minimum atomic E-state index is 0.178. The minimum absolute atomic E-state index is 0.178.